The summed E-state index contributed by atoms with van der Waals surface area (Å²) in [4.78, 5) is 12.5. The third-order valence-electron chi connectivity index (χ3n) is 4.31. The van der Waals surface area contributed by atoms with E-state index >= 15 is 0 Å². The van der Waals surface area contributed by atoms with Crippen molar-refractivity contribution in [2.45, 2.75) is 26.6 Å². The Hall–Kier alpha value is -3.80. The van der Waals surface area contributed by atoms with Crippen LogP contribution in [-0.2, 0) is 6.61 Å². The lowest BCUT2D eigenvalue weighted by Crippen LogP contribution is -2.18. The molecule has 31 heavy (non-hydrogen) atoms. The molecule has 3 aromatic carbocycles. The first kappa shape index (κ1) is 21.9. The second-order valence-electron chi connectivity index (χ2n) is 7.04. The Bertz CT molecular complexity index is 1030. The number of carbonyl (C=O) groups excluding carboxylic acids is 1. The Morgan fingerprint density at radius 1 is 0.968 bits per heavy atom. The molecule has 0 aliphatic carbocycles. The first-order valence-corrected chi connectivity index (χ1v) is 10.0. The van der Waals surface area contributed by atoms with Gasteiger partial charge in [-0.1, -0.05) is 42.5 Å². The first-order chi connectivity index (χ1) is 15.1. The molecule has 0 aliphatic rings. The maximum absolute atomic E-state index is 12.5. The molecule has 3 rings (SSSR count). The van der Waals surface area contributed by atoms with Gasteiger partial charge in [0.25, 0.3) is 5.91 Å². The van der Waals surface area contributed by atoms with Crippen LogP contribution >= 0.6 is 0 Å². The third-order valence-corrected chi connectivity index (χ3v) is 4.31. The molecule has 6 heteroatoms. The minimum Gasteiger partial charge on any atom is -0.493 e. The molecule has 6 nitrogen and oxygen atoms in total. The highest BCUT2D eigenvalue weighted by Gasteiger charge is 2.12. The van der Waals surface area contributed by atoms with Crippen LogP contribution < -0.4 is 19.6 Å². The van der Waals surface area contributed by atoms with Gasteiger partial charge in [-0.25, -0.2) is 5.43 Å². The van der Waals surface area contributed by atoms with E-state index in [1.54, 1.807) is 24.4 Å². The molecule has 0 bridgehead atoms. The fourth-order valence-electron chi connectivity index (χ4n) is 2.84. The Morgan fingerprint density at radius 3 is 2.45 bits per heavy atom. The molecule has 0 spiro atoms. The number of benzene rings is 3. The number of para-hydroxylation sites is 1. The number of amides is 1. The lowest BCUT2D eigenvalue weighted by molar-refractivity contribution is 0.0954. The number of carbonyl (C=O) groups is 1. The number of hydrogen-bond donors (Lipinski definition) is 1. The van der Waals surface area contributed by atoms with Gasteiger partial charge < -0.3 is 14.2 Å². The van der Waals surface area contributed by atoms with Crippen LogP contribution in [0, 0.1) is 0 Å². The Morgan fingerprint density at radius 2 is 1.71 bits per heavy atom. The van der Waals surface area contributed by atoms with Crippen molar-refractivity contribution in [1.82, 2.24) is 5.43 Å². The summed E-state index contributed by atoms with van der Waals surface area (Å²) >= 11 is 0. The van der Waals surface area contributed by atoms with E-state index in [1.165, 1.54) is 7.11 Å². The molecule has 160 valence electrons. The van der Waals surface area contributed by atoms with Crippen LogP contribution in [0.2, 0.25) is 0 Å². The van der Waals surface area contributed by atoms with E-state index in [-0.39, 0.29) is 12.0 Å². The maximum Gasteiger partial charge on any atom is 0.271 e. The highest BCUT2D eigenvalue weighted by molar-refractivity contribution is 5.95. The van der Waals surface area contributed by atoms with Crippen molar-refractivity contribution in [2.24, 2.45) is 5.10 Å². The van der Waals surface area contributed by atoms with Gasteiger partial charge in [0.15, 0.2) is 11.5 Å². The van der Waals surface area contributed by atoms with E-state index in [1.807, 2.05) is 68.4 Å². The highest BCUT2D eigenvalue weighted by atomic mass is 16.5. The second-order valence-corrected chi connectivity index (χ2v) is 7.04. The molecular formula is C25H26N2O4. The standard InChI is InChI=1S/C25H26N2O4/c1-18(2)31-23-14-13-20(15-24(23)29-3)25(28)27-26-16-21-11-7-8-12-22(21)30-17-19-9-5-4-6-10-19/h4-16,18H,17H2,1-3H3,(H,27,28)/b26-16-. The fraction of sp³-hybridized carbons (Fsp3) is 0.200. The van der Waals surface area contributed by atoms with Gasteiger partial charge in [-0.15, -0.1) is 0 Å². The van der Waals surface area contributed by atoms with Crippen molar-refractivity contribution in [3.63, 3.8) is 0 Å². The molecule has 0 aromatic heterocycles. The Labute approximate surface area is 182 Å². The summed E-state index contributed by atoms with van der Waals surface area (Å²) in [6.07, 6.45) is 1.56. The van der Waals surface area contributed by atoms with Crippen molar-refractivity contribution in [3.05, 3.63) is 89.5 Å². The third kappa shape index (κ3) is 6.34. The van der Waals surface area contributed by atoms with Crippen LogP contribution in [0.4, 0.5) is 0 Å². The zero-order valence-corrected chi connectivity index (χ0v) is 17.9. The van der Waals surface area contributed by atoms with Crippen LogP contribution in [0.5, 0.6) is 17.2 Å². The predicted octanol–water partition coefficient (Wildman–Crippen LogP) is 4.83. The Kier molecular flexibility index (Phi) is 7.65. The van der Waals surface area contributed by atoms with E-state index in [9.17, 15) is 4.79 Å². The van der Waals surface area contributed by atoms with Crippen molar-refractivity contribution < 1.29 is 19.0 Å². The molecule has 1 amide bonds. The monoisotopic (exact) mass is 418 g/mol. The zero-order chi connectivity index (χ0) is 22.1. The van der Waals surface area contributed by atoms with Crippen molar-refractivity contribution >= 4 is 12.1 Å². The second kappa shape index (κ2) is 10.8. The Balaban J connectivity index is 1.64. The molecule has 0 fully saturated rings. The predicted molar refractivity (Wildman–Crippen MR) is 121 cm³/mol. The quantitative estimate of drug-likeness (QED) is 0.399. The molecule has 1 N–H and O–H groups in total. The average molecular weight is 418 g/mol. The number of rotatable bonds is 9. The molecule has 0 saturated carbocycles. The van der Waals surface area contributed by atoms with Gasteiger partial charge >= 0.3 is 0 Å². The molecule has 3 aromatic rings. The van der Waals surface area contributed by atoms with Gasteiger partial charge in [0.1, 0.15) is 12.4 Å². The van der Waals surface area contributed by atoms with Crippen molar-refractivity contribution in [1.29, 1.82) is 0 Å². The van der Waals surface area contributed by atoms with Gasteiger partial charge in [-0.05, 0) is 49.7 Å². The van der Waals surface area contributed by atoms with Crippen molar-refractivity contribution in [3.8, 4) is 17.2 Å². The topological polar surface area (TPSA) is 69.2 Å². The van der Waals surface area contributed by atoms with Crippen molar-refractivity contribution in [2.75, 3.05) is 7.11 Å². The molecular weight excluding hydrogens is 392 g/mol. The first-order valence-electron chi connectivity index (χ1n) is 10.0. The van der Waals surface area contributed by atoms with Gasteiger partial charge in [0.05, 0.1) is 19.4 Å². The maximum atomic E-state index is 12.5. The van der Waals surface area contributed by atoms with E-state index in [0.717, 1.165) is 11.1 Å². The lowest BCUT2D eigenvalue weighted by atomic mass is 10.2. The smallest absolute Gasteiger partial charge is 0.271 e. The number of nitrogens with zero attached hydrogens (tertiary/aromatic N) is 1. The summed E-state index contributed by atoms with van der Waals surface area (Å²) < 4.78 is 16.9. The molecule has 0 saturated heterocycles. The lowest BCUT2D eigenvalue weighted by Gasteiger charge is -2.14. The fourth-order valence-corrected chi connectivity index (χ4v) is 2.84. The summed E-state index contributed by atoms with van der Waals surface area (Å²) in [5.74, 6) is 1.40. The number of nitrogens with one attached hydrogen (secondary N) is 1. The van der Waals surface area contributed by atoms with Crippen LogP contribution in [-0.4, -0.2) is 25.3 Å². The summed E-state index contributed by atoms with van der Waals surface area (Å²) in [6.45, 7) is 4.30. The number of hydrazone groups is 1. The summed E-state index contributed by atoms with van der Waals surface area (Å²) in [5, 5.41) is 4.08. The summed E-state index contributed by atoms with van der Waals surface area (Å²) in [5.41, 5.74) is 4.79. The summed E-state index contributed by atoms with van der Waals surface area (Å²) in [7, 11) is 1.54. The van der Waals surface area contributed by atoms with E-state index in [2.05, 4.69) is 10.5 Å². The molecule has 0 atom stereocenters. The normalized spacial score (nSPS) is 10.8. The van der Waals surface area contributed by atoms with Crippen LogP contribution in [0.3, 0.4) is 0 Å². The number of methoxy groups -OCH3 is 1. The zero-order valence-electron chi connectivity index (χ0n) is 17.9. The van der Waals surface area contributed by atoms with Gasteiger partial charge in [0.2, 0.25) is 0 Å². The minimum atomic E-state index is -0.353. The average Bonchev–Trinajstić information content (AvgIpc) is 2.79. The highest BCUT2D eigenvalue weighted by Crippen LogP contribution is 2.29. The van der Waals surface area contributed by atoms with Crippen LogP contribution in [0.15, 0.2) is 77.9 Å². The molecule has 0 aliphatic heterocycles. The van der Waals surface area contributed by atoms with Crippen LogP contribution in [0.25, 0.3) is 0 Å². The number of ether oxygens (including phenoxy) is 3. The molecule has 0 unspecified atom stereocenters. The SMILES string of the molecule is COc1cc(C(=O)N/N=C\c2ccccc2OCc2ccccc2)ccc1OC(C)C. The minimum absolute atomic E-state index is 0.00218. The van der Waals surface area contributed by atoms with Gasteiger partial charge in [-0.3, -0.25) is 4.79 Å². The molecule has 0 heterocycles. The largest absolute Gasteiger partial charge is 0.493 e. The summed E-state index contributed by atoms with van der Waals surface area (Å²) in [6, 6.07) is 22.4. The van der Waals surface area contributed by atoms with Gasteiger partial charge in [0, 0.05) is 11.1 Å². The van der Waals surface area contributed by atoms with E-state index in [4.69, 9.17) is 14.2 Å². The molecule has 0 radical (unpaired) electrons. The number of hydrogen-bond acceptors (Lipinski definition) is 5. The van der Waals surface area contributed by atoms with Crippen LogP contribution in [0.1, 0.15) is 35.3 Å². The van der Waals surface area contributed by atoms with Gasteiger partial charge in [-0.2, -0.15) is 5.10 Å². The van der Waals surface area contributed by atoms with E-state index in [0.29, 0.717) is 29.4 Å². The van der Waals surface area contributed by atoms with E-state index < -0.39 is 0 Å².